The van der Waals surface area contributed by atoms with E-state index in [4.69, 9.17) is 20.3 Å². The smallest absolute Gasteiger partial charge is 0.414 e. The van der Waals surface area contributed by atoms with Crippen LogP contribution in [-0.4, -0.2) is 94.6 Å². The van der Waals surface area contributed by atoms with Gasteiger partial charge in [0.05, 0.1) is 55.7 Å². The fourth-order valence-corrected chi connectivity index (χ4v) is 6.00. The number of aliphatic hydroxyl groups is 1. The number of carbonyl (C=O) groups is 4. The zero-order valence-electron chi connectivity index (χ0n) is 29.1. The van der Waals surface area contributed by atoms with Crippen LogP contribution in [0.25, 0.3) is 0 Å². The second-order valence-electron chi connectivity index (χ2n) is 12.5. The molecule has 0 saturated carbocycles. The van der Waals surface area contributed by atoms with Gasteiger partial charge in [-0.05, 0) is 24.3 Å². The van der Waals surface area contributed by atoms with Crippen molar-refractivity contribution in [3.05, 3.63) is 96.6 Å². The zero-order valence-corrected chi connectivity index (χ0v) is 29.1. The van der Waals surface area contributed by atoms with Gasteiger partial charge in [-0.3, -0.25) is 24.4 Å². The number of amides is 2. The number of aromatic nitrogens is 3. The number of amidine groups is 1. The number of cyclic esters (lactones) is 2. The number of hydrogen-bond donors (Lipinski definition) is 2. The lowest BCUT2D eigenvalue weighted by Crippen LogP contribution is -2.29. The summed E-state index contributed by atoms with van der Waals surface area (Å²) in [5.41, 5.74) is 4.02. The number of nitrogens with zero attached hydrogens (tertiary/aromatic N) is 8. The van der Waals surface area contributed by atoms with E-state index in [1.165, 1.54) is 46.4 Å². The molecule has 16 nitrogen and oxygen atoms in total. The zero-order chi connectivity index (χ0) is 40.1. The molecule has 3 N–H and O–H groups in total. The SMILES string of the molecule is NC(/C=C\O)=NCC1CN(c2cc(F)c(N3C=CC(=O)CC3)c(F)c2F)C(=O)O1.O=C1C=CN(c2ccc(N3CC(Cn4ccnn4)OC3=O)c(F)c2F)CC1. The first kappa shape index (κ1) is 38.9. The minimum absolute atomic E-state index is 0.00248. The number of allylic oxidation sites excluding steroid dienone is 2. The molecule has 2 fully saturated rings. The fraction of sp³-hybridized carbons (Fsp3) is 0.286. The Bertz CT molecular complexity index is 2150. The van der Waals surface area contributed by atoms with Gasteiger partial charge in [-0.25, -0.2) is 36.2 Å². The summed E-state index contributed by atoms with van der Waals surface area (Å²) in [6, 6.07) is 3.41. The van der Waals surface area contributed by atoms with Gasteiger partial charge in [-0.1, -0.05) is 5.21 Å². The van der Waals surface area contributed by atoms with Crippen molar-refractivity contribution in [1.82, 2.24) is 15.0 Å². The van der Waals surface area contributed by atoms with Crippen molar-refractivity contribution in [2.75, 3.05) is 52.3 Å². The summed E-state index contributed by atoms with van der Waals surface area (Å²) in [6.45, 7) is 0.291. The molecule has 4 aliphatic rings. The maximum absolute atomic E-state index is 14.7. The predicted molar refractivity (Wildman–Crippen MR) is 188 cm³/mol. The highest BCUT2D eigenvalue weighted by atomic mass is 19.2. The van der Waals surface area contributed by atoms with Crippen LogP contribution in [0.4, 0.5) is 54.3 Å². The van der Waals surface area contributed by atoms with Crippen molar-refractivity contribution in [2.24, 2.45) is 10.7 Å². The third-order valence-corrected chi connectivity index (χ3v) is 8.75. The Balaban J connectivity index is 0.000000190. The average molecular weight is 786 g/mol. The molecular formula is C35H32F5N9O7. The van der Waals surface area contributed by atoms with Crippen LogP contribution >= 0.6 is 0 Å². The van der Waals surface area contributed by atoms with Crippen molar-refractivity contribution in [1.29, 1.82) is 0 Å². The van der Waals surface area contributed by atoms with E-state index < -0.39 is 64.9 Å². The van der Waals surface area contributed by atoms with Crippen LogP contribution < -0.4 is 25.3 Å². The molecule has 294 valence electrons. The van der Waals surface area contributed by atoms with E-state index in [9.17, 15) is 41.1 Å². The van der Waals surface area contributed by atoms with E-state index in [1.54, 1.807) is 6.20 Å². The van der Waals surface area contributed by atoms with Crippen LogP contribution in [0.2, 0.25) is 0 Å². The molecule has 0 radical (unpaired) electrons. The van der Waals surface area contributed by atoms with Crippen LogP contribution in [0.5, 0.6) is 0 Å². The summed E-state index contributed by atoms with van der Waals surface area (Å²) >= 11 is 0. The molecule has 7 rings (SSSR count). The molecule has 5 heterocycles. The molecular weight excluding hydrogens is 753 g/mol. The fourth-order valence-electron chi connectivity index (χ4n) is 6.00. The molecule has 2 saturated heterocycles. The Kier molecular flexibility index (Phi) is 11.6. The molecule has 4 aliphatic heterocycles. The van der Waals surface area contributed by atoms with Crippen LogP contribution in [0.3, 0.4) is 0 Å². The number of hydrogen-bond acceptors (Lipinski definition) is 12. The number of aliphatic imine (C=N–C) groups is 1. The maximum Gasteiger partial charge on any atom is 0.414 e. The average Bonchev–Trinajstić information content (AvgIpc) is 3.92. The summed E-state index contributed by atoms with van der Waals surface area (Å²) in [7, 11) is 0. The van der Waals surface area contributed by atoms with Crippen LogP contribution in [0.15, 0.2) is 72.5 Å². The second kappa shape index (κ2) is 16.7. The second-order valence-corrected chi connectivity index (χ2v) is 12.5. The third-order valence-electron chi connectivity index (χ3n) is 8.75. The highest BCUT2D eigenvalue weighted by Gasteiger charge is 2.37. The first-order valence-corrected chi connectivity index (χ1v) is 16.9. The topological polar surface area (TPSA) is 189 Å². The first-order chi connectivity index (χ1) is 26.8. The van der Waals surface area contributed by atoms with Gasteiger partial charge >= 0.3 is 12.2 Å². The molecule has 56 heavy (non-hydrogen) atoms. The van der Waals surface area contributed by atoms with E-state index in [1.807, 2.05) is 0 Å². The molecule has 0 aliphatic carbocycles. The standard InChI is InChI=1S/C18H17F3N4O4.C17H15F2N5O3/c19-12-7-13(15(20)16(21)17(12)24-4-1-10(27)2-5-24)25-9-11(29-18(25)28)8-23-14(22)3-6-26;18-15-13(22-6-3-11(25)4-7-22)1-2-14(16(15)19)24-10-12(27-17(24)26)9-23-8-5-20-21-23/h1,3-4,6-7,11,26H,2,5,8-9H2,(H2,22,23);1-3,5-6,8,12H,4,7,9-10H2/b6-3-;. The van der Waals surface area contributed by atoms with Crippen molar-refractivity contribution in [3.8, 4) is 0 Å². The van der Waals surface area contributed by atoms with Crippen LogP contribution in [0, 0.1) is 29.1 Å². The van der Waals surface area contributed by atoms with E-state index in [0.29, 0.717) is 12.3 Å². The Morgan fingerprint density at radius 2 is 1.43 bits per heavy atom. The molecule has 0 spiro atoms. The molecule has 2 atom stereocenters. The number of rotatable bonds is 9. The van der Waals surface area contributed by atoms with Gasteiger partial charge in [0.15, 0.2) is 40.7 Å². The van der Waals surface area contributed by atoms with Crippen molar-refractivity contribution < 1.29 is 55.7 Å². The summed E-state index contributed by atoms with van der Waals surface area (Å²) in [6.07, 6.45) is 7.09. The predicted octanol–water partition coefficient (Wildman–Crippen LogP) is 4.03. The van der Waals surface area contributed by atoms with Crippen molar-refractivity contribution >= 4 is 52.3 Å². The molecule has 2 amide bonds. The third kappa shape index (κ3) is 8.45. The Labute approximate surface area is 314 Å². The molecule has 21 heteroatoms. The summed E-state index contributed by atoms with van der Waals surface area (Å²) < 4.78 is 84.8. The number of ketones is 2. The normalized spacial score (nSPS) is 19.9. The van der Waals surface area contributed by atoms with Gasteiger partial charge in [0.2, 0.25) is 0 Å². The number of anilines is 4. The van der Waals surface area contributed by atoms with Crippen molar-refractivity contribution in [3.63, 3.8) is 0 Å². The minimum atomic E-state index is -1.48. The van der Waals surface area contributed by atoms with Gasteiger partial charge in [-0.15, -0.1) is 5.10 Å². The molecule has 3 aromatic rings. The van der Waals surface area contributed by atoms with E-state index >= 15 is 0 Å². The van der Waals surface area contributed by atoms with Gasteiger partial charge in [0, 0.05) is 56.7 Å². The summed E-state index contributed by atoms with van der Waals surface area (Å²) in [4.78, 5) is 54.9. The number of nitrogens with two attached hydrogens (primary N) is 1. The number of ether oxygens (including phenoxy) is 2. The Hall–Kier alpha value is -6.80. The van der Waals surface area contributed by atoms with Crippen LogP contribution in [-0.2, 0) is 25.6 Å². The minimum Gasteiger partial charge on any atom is -0.515 e. The number of benzene rings is 2. The van der Waals surface area contributed by atoms with Gasteiger partial charge in [0.1, 0.15) is 23.7 Å². The van der Waals surface area contributed by atoms with Gasteiger partial charge in [-0.2, -0.15) is 0 Å². The Morgan fingerprint density at radius 1 is 0.839 bits per heavy atom. The molecule has 2 aromatic carbocycles. The van der Waals surface area contributed by atoms with Crippen molar-refractivity contribution in [2.45, 2.75) is 31.6 Å². The van der Waals surface area contributed by atoms with E-state index in [0.717, 1.165) is 26.9 Å². The summed E-state index contributed by atoms with van der Waals surface area (Å²) in [5.74, 6) is -6.52. The highest BCUT2D eigenvalue weighted by Crippen LogP contribution is 2.36. The maximum atomic E-state index is 14.7. The quantitative estimate of drug-likeness (QED) is 0.104. The monoisotopic (exact) mass is 785 g/mol. The lowest BCUT2D eigenvalue weighted by atomic mass is 10.1. The molecule has 2 unspecified atom stereocenters. The largest absolute Gasteiger partial charge is 0.515 e. The lowest BCUT2D eigenvalue weighted by Gasteiger charge is -2.25. The number of aliphatic hydroxyl groups excluding tert-OH is 1. The highest BCUT2D eigenvalue weighted by molar-refractivity contribution is 5.94. The lowest BCUT2D eigenvalue weighted by molar-refractivity contribution is -0.115. The molecule has 0 bridgehead atoms. The van der Waals surface area contributed by atoms with E-state index in [-0.39, 0.29) is 80.9 Å². The first-order valence-electron chi connectivity index (χ1n) is 16.9. The molecule has 1 aromatic heterocycles. The van der Waals surface area contributed by atoms with Gasteiger partial charge < -0.3 is 30.1 Å². The Morgan fingerprint density at radius 3 is 2.05 bits per heavy atom. The number of carbonyl (C=O) groups excluding carboxylic acids is 4. The van der Waals surface area contributed by atoms with E-state index in [2.05, 4.69) is 15.3 Å². The number of halogens is 5. The van der Waals surface area contributed by atoms with Crippen LogP contribution in [0.1, 0.15) is 12.8 Å². The van der Waals surface area contributed by atoms with Gasteiger partial charge in [0.25, 0.3) is 0 Å². The summed E-state index contributed by atoms with van der Waals surface area (Å²) in [5, 5.41) is 16.1.